The first-order chi connectivity index (χ1) is 9.39. The lowest BCUT2D eigenvalue weighted by Gasteiger charge is -2.10. The molecule has 1 heterocycles. The highest BCUT2D eigenvalue weighted by Crippen LogP contribution is 2.24. The van der Waals surface area contributed by atoms with Gasteiger partial charge < -0.3 is 14.8 Å². The SMILES string of the molecule is CN(C)S(=O)(=O)c1ccc(CNCC2CCC(O)C2)o1. The van der Waals surface area contributed by atoms with Crippen LogP contribution in [0.2, 0.25) is 0 Å². The van der Waals surface area contributed by atoms with E-state index in [9.17, 15) is 13.5 Å². The Labute approximate surface area is 119 Å². The summed E-state index contributed by atoms with van der Waals surface area (Å²) in [5.74, 6) is 1.09. The Morgan fingerprint density at radius 2 is 2.15 bits per heavy atom. The highest BCUT2D eigenvalue weighted by molar-refractivity contribution is 7.88. The number of sulfonamides is 1. The maximum absolute atomic E-state index is 11.8. The van der Waals surface area contributed by atoms with Crippen LogP contribution in [-0.4, -0.2) is 44.6 Å². The lowest BCUT2D eigenvalue weighted by atomic mass is 10.1. The van der Waals surface area contributed by atoms with Crippen LogP contribution >= 0.6 is 0 Å². The second kappa shape index (κ2) is 6.26. The van der Waals surface area contributed by atoms with E-state index in [1.807, 2.05) is 0 Å². The van der Waals surface area contributed by atoms with Crippen LogP contribution in [-0.2, 0) is 16.6 Å². The second-order valence-electron chi connectivity index (χ2n) is 5.47. The Morgan fingerprint density at radius 3 is 2.75 bits per heavy atom. The van der Waals surface area contributed by atoms with Crippen LogP contribution < -0.4 is 5.32 Å². The van der Waals surface area contributed by atoms with Crippen molar-refractivity contribution in [3.8, 4) is 0 Å². The van der Waals surface area contributed by atoms with Crippen molar-refractivity contribution in [2.24, 2.45) is 5.92 Å². The Morgan fingerprint density at radius 1 is 1.40 bits per heavy atom. The summed E-state index contributed by atoms with van der Waals surface area (Å²) in [4.78, 5) is 0. The zero-order chi connectivity index (χ0) is 14.8. The molecular formula is C13H22N2O4S. The quantitative estimate of drug-likeness (QED) is 0.811. The van der Waals surface area contributed by atoms with Gasteiger partial charge in [-0.3, -0.25) is 0 Å². The van der Waals surface area contributed by atoms with Crippen molar-refractivity contribution in [2.45, 2.75) is 37.0 Å². The lowest BCUT2D eigenvalue weighted by Crippen LogP contribution is -2.22. The Hall–Kier alpha value is -0.890. The molecule has 2 N–H and O–H groups in total. The van der Waals surface area contributed by atoms with Crippen LogP contribution in [0, 0.1) is 5.92 Å². The van der Waals surface area contributed by atoms with E-state index < -0.39 is 10.0 Å². The van der Waals surface area contributed by atoms with Crippen molar-refractivity contribution in [2.75, 3.05) is 20.6 Å². The van der Waals surface area contributed by atoms with Crippen LogP contribution in [0.15, 0.2) is 21.6 Å². The highest BCUT2D eigenvalue weighted by atomic mass is 32.2. The maximum atomic E-state index is 11.8. The number of aliphatic hydroxyl groups excluding tert-OH is 1. The number of nitrogens with zero attached hydrogens (tertiary/aromatic N) is 1. The van der Waals surface area contributed by atoms with Gasteiger partial charge >= 0.3 is 0 Å². The zero-order valence-electron chi connectivity index (χ0n) is 11.9. The monoisotopic (exact) mass is 302 g/mol. The van der Waals surface area contributed by atoms with Gasteiger partial charge in [-0.15, -0.1) is 0 Å². The van der Waals surface area contributed by atoms with Gasteiger partial charge in [0.1, 0.15) is 5.76 Å². The normalized spacial score (nSPS) is 23.6. The second-order valence-corrected chi connectivity index (χ2v) is 7.55. The first-order valence-electron chi connectivity index (χ1n) is 6.79. The van der Waals surface area contributed by atoms with Gasteiger partial charge in [-0.25, -0.2) is 12.7 Å². The lowest BCUT2D eigenvalue weighted by molar-refractivity contribution is 0.177. The van der Waals surface area contributed by atoms with Gasteiger partial charge in [0, 0.05) is 14.1 Å². The molecule has 1 saturated carbocycles. The molecule has 0 aliphatic heterocycles. The van der Waals surface area contributed by atoms with Crippen LogP contribution in [0.4, 0.5) is 0 Å². The third-order valence-corrected chi connectivity index (χ3v) is 5.31. The van der Waals surface area contributed by atoms with Gasteiger partial charge in [0.05, 0.1) is 12.6 Å². The van der Waals surface area contributed by atoms with Gasteiger partial charge in [0.25, 0.3) is 10.0 Å². The van der Waals surface area contributed by atoms with E-state index in [-0.39, 0.29) is 11.2 Å². The summed E-state index contributed by atoms with van der Waals surface area (Å²) in [5, 5.41) is 12.7. The highest BCUT2D eigenvalue weighted by Gasteiger charge is 2.23. The molecule has 0 spiro atoms. The van der Waals surface area contributed by atoms with Crippen molar-refractivity contribution < 1.29 is 17.9 Å². The summed E-state index contributed by atoms with van der Waals surface area (Å²) >= 11 is 0. The minimum Gasteiger partial charge on any atom is -0.447 e. The minimum atomic E-state index is -3.50. The van der Waals surface area contributed by atoms with Crippen molar-refractivity contribution in [3.63, 3.8) is 0 Å². The van der Waals surface area contributed by atoms with E-state index in [4.69, 9.17) is 4.42 Å². The van der Waals surface area contributed by atoms with E-state index >= 15 is 0 Å². The molecule has 1 fully saturated rings. The summed E-state index contributed by atoms with van der Waals surface area (Å²) in [5.41, 5.74) is 0. The molecule has 1 aromatic heterocycles. The fourth-order valence-corrected chi connectivity index (χ4v) is 3.22. The predicted octanol–water partition coefficient (Wildman–Crippen LogP) is 0.780. The van der Waals surface area contributed by atoms with Gasteiger partial charge in [0.2, 0.25) is 5.09 Å². The molecule has 2 unspecified atom stereocenters. The molecule has 0 bridgehead atoms. The molecule has 6 nitrogen and oxygen atoms in total. The van der Waals surface area contributed by atoms with Crippen LogP contribution in [0.3, 0.4) is 0 Å². The van der Waals surface area contributed by atoms with E-state index in [0.717, 1.165) is 30.1 Å². The van der Waals surface area contributed by atoms with Crippen molar-refractivity contribution in [1.29, 1.82) is 0 Å². The first kappa shape index (κ1) is 15.5. The van der Waals surface area contributed by atoms with E-state index in [1.54, 1.807) is 6.07 Å². The molecule has 114 valence electrons. The molecule has 7 heteroatoms. The Balaban J connectivity index is 1.84. The molecule has 2 rings (SSSR count). The van der Waals surface area contributed by atoms with Crippen LogP contribution in [0.1, 0.15) is 25.0 Å². The molecule has 1 aliphatic carbocycles. The van der Waals surface area contributed by atoms with Gasteiger partial charge in [-0.05, 0) is 43.9 Å². The smallest absolute Gasteiger partial charge is 0.275 e. The zero-order valence-corrected chi connectivity index (χ0v) is 12.7. The Kier molecular flexibility index (Phi) is 4.85. The summed E-state index contributed by atoms with van der Waals surface area (Å²) in [6, 6.07) is 3.15. The number of furan rings is 1. The summed E-state index contributed by atoms with van der Waals surface area (Å²) in [6.45, 7) is 1.31. The standard InChI is InChI=1S/C13H22N2O4S/c1-15(2)20(17,18)13-6-5-12(19-13)9-14-8-10-3-4-11(16)7-10/h5-6,10-11,14,16H,3-4,7-9H2,1-2H3. The summed E-state index contributed by atoms with van der Waals surface area (Å²) in [7, 11) is -0.551. The van der Waals surface area contributed by atoms with Crippen molar-refractivity contribution >= 4 is 10.0 Å². The summed E-state index contributed by atoms with van der Waals surface area (Å²) < 4.78 is 30.2. The van der Waals surface area contributed by atoms with Crippen LogP contribution in [0.25, 0.3) is 0 Å². The third kappa shape index (κ3) is 3.60. The van der Waals surface area contributed by atoms with Crippen molar-refractivity contribution in [3.05, 3.63) is 17.9 Å². The molecule has 1 aromatic rings. The number of aliphatic hydroxyl groups is 1. The molecule has 1 aliphatic rings. The third-order valence-electron chi connectivity index (χ3n) is 3.62. The van der Waals surface area contributed by atoms with Crippen molar-refractivity contribution in [1.82, 2.24) is 9.62 Å². The van der Waals surface area contributed by atoms with E-state index in [2.05, 4.69) is 5.32 Å². The number of nitrogens with one attached hydrogen (secondary N) is 1. The van der Waals surface area contributed by atoms with Gasteiger partial charge in [-0.1, -0.05) is 0 Å². The Bertz CT molecular complexity index is 538. The molecule has 20 heavy (non-hydrogen) atoms. The van der Waals surface area contributed by atoms with E-state index in [1.165, 1.54) is 20.2 Å². The fraction of sp³-hybridized carbons (Fsp3) is 0.692. The van der Waals surface area contributed by atoms with Gasteiger partial charge in [-0.2, -0.15) is 0 Å². The molecular weight excluding hydrogens is 280 g/mol. The molecule has 2 atom stereocenters. The average molecular weight is 302 g/mol. The number of rotatable bonds is 6. The first-order valence-corrected chi connectivity index (χ1v) is 8.23. The number of hydrogen-bond acceptors (Lipinski definition) is 5. The molecule has 0 saturated heterocycles. The predicted molar refractivity (Wildman–Crippen MR) is 74.6 cm³/mol. The fourth-order valence-electron chi connectivity index (χ4n) is 2.41. The van der Waals surface area contributed by atoms with Gasteiger partial charge in [0.15, 0.2) is 0 Å². The largest absolute Gasteiger partial charge is 0.447 e. The van der Waals surface area contributed by atoms with Crippen LogP contribution in [0.5, 0.6) is 0 Å². The minimum absolute atomic E-state index is 0.0319. The molecule has 0 radical (unpaired) electrons. The number of hydrogen-bond donors (Lipinski definition) is 2. The van der Waals surface area contributed by atoms with E-state index in [0.29, 0.717) is 18.2 Å². The molecule has 0 amide bonds. The topological polar surface area (TPSA) is 82.8 Å². The maximum Gasteiger partial charge on any atom is 0.275 e. The molecule has 0 aromatic carbocycles. The average Bonchev–Trinajstić information content (AvgIpc) is 2.99. The summed E-state index contributed by atoms with van der Waals surface area (Å²) in [6.07, 6.45) is 2.58.